The molecule has 1 saturated heterocycles. The van der Waals surface area contributed by atoms with Crippen molar-refractivity contribution in [3.8, 4) is 0 Å². The van der Waals surface area contributed by atoms with Gasteiger partial charge in [-0.15, -0.1) is 11.6 Å². The third-order valence-electron chi connectivity index (χ3n) is 3.28. The van der Waals surface area contributed by atoms with Gasteiger partial charge < -0.3 is 14.2 Å². The van der Waals surface area contributed by atoms with Gasteiger partial charge in [-0.1, -0.05) is 6.92 Å². The SMILES string of the molecule is CCC1(COCCCCCl)COC(C)(C)OC1. The lowest BCUT2D eigenvalue weighted by atomic mass is 9.87. The van der Waals surface area contributed by atoms with Gasteiger partial charge in [-0.3, -0.25) is 0 Å². The van der Waals surface area contributed by atoms with Crippen molar-refractivity contribution >= 4 is 11.6 Å². The van der Waals surface area contributed by atoms with Crippen LogP contribution >= 0.6 is 11.6 Å². The molecular formula is C13H25ClO3. The fourth-order valence-electron chi connectivity index (χ4n) is 1.71. The number of ether oxygens (including phenoxy) is 3. The van der Waals surface area contributed by atoms with Crippen LogP contribution in [-0.2, 0) is 14.2 Å². The number of hydrogen-bond acceptors (Lipinski definition) is 3. The number of rotatable bonds is 7. The van der Waals surface area contributed by atoms with Crippen LogP contribution in [0.3, 0.4) is 0 Å². The van der Waals surface area contributed by atoms with Crippen molar-refractivity contribution in [1.82, 2.24) is 0 Å². The molecule has 102 valence electrons. The van der Waals surface area contributed by atoms with Gasteiger partial charge in [-0.05, 0) is 33.1 Å². The van der Waals surface area contributed by atoms with Crippen LogP contribution in [0.5, 0.6) is 0 Å². The zero-order valence-electron chi connectivity index (χ0n) is 11.3. The van der Waals surface area contributed by atoms with Crippen molar-refractivity contribution < 1.29 is 14.2 Å². The Bertz CT molecular complexity index is 209. The molecule has 0 saturated carbocycles. The second kappa shape index (κ2) is 6.93. The van der Waals surface area contributed by atoms with Gasteiger partial charge in [-0.25, -0.2) is 0 Å². The average molecular weight is 265 g/mol. The highest BCUT2D eigenvalue weighted by molar-refractivity contribution is 6.17. The zero-order chi connectivity index (χ0) is 12.8. The first-order chi connectivity index (χ1) is 8.04. The molecule has 0 aromatic heterocycles. The van der Waals surface area contributed by atoms with Crippen LogP contribution < -0.4 is 0 Å². The highest BCUT2D eigenvalue weighted by Gasteiger charge is 2.39. The summed E-state index contributed by atoms with van der Waals surface area (Å²) in [4.78, 5) is 0. The van der Waals surface area contributed by atoms with Crippen LogP contribution in [0, 0.1) is 5.41 Å². The minimum atomic E-state index is -0.447. The predicted octanol–water partition coefficient (Wildman–Crippen LogP) is 3.20. The summed E-state index contributed by atoms with van der Waals surface area (Å²) in [6.45, 7) is 8.98. The Morgan fingerprint density at radius 3 is 2.35 bits per heavy atom. The number of unbranched alkanes of at least 4 members (excludes halogenated alkanes) is 1. The van der Waals surface area contributed by atoms with Gasteiger partial charge in [0, 0.05) is 17.9 Å². The molecule has 17 heavy (non-hydrogen) atoms. The molecule has 4 heteroatoms. The standard InChI is InChI=1S/C13H25ClO3/c1-4-13(9-15-8-6-5-7-14)10-16-12(2,3)17-11-13/h4-11H2,1-3H3. The van der Waals surface area contributed by atoms with Crippen molar-refractivity contribution in [2.24, 2.45) is 5.41 Å². The Kier molecular flexibility index (Phi) is 6.21. The minimum Gasteiger partial charge on any atom is -0.381 e. The Hall–Kier alpha value is 0.170. The van der Waals surface area contributed by atoms with Gasteiger partial charge in [0.1, 0.15) is 0 Å². The lowest BCUT2D eigenvalue weighted by Crippen LogP contribution is -2.48. The monoisotopic (exact) mass is 264 g/mol. The Labute approximate surface area is 110 Å². The highest BCUT2D eigenvalue weighted by atomic mass is 35.5. The van der Waals surface area contributed by atoms with Gasteiger partial charge in [0.25, 0.3) is 0 Å². The molecule has 0 spiro atoms. The van der Waals surface area contributed by atoms with Gasteiger partial charge in [-0.2, -0.15) is 0 Å². The molecule has 0 atom stereocenters. The first-order valence-electron chi connectivity index (χ1n) is 6.45. The molecule has 0 aliphatic carbocycles. The van der Waals surface area contributed by atoms with Crippen molar-refractivity contribution in [3.63, 3.8) is 0 Å². The van der Waals surface area contributed by atoms with Crippen LogP contribution in [-0.4, -0.2) is 38.1 Å². The fraction of sp³-hybridized carbons (Fsp3) is 1.00. The average Bonchev–Trinajstić information content (AvgIpc) is 2.32. The Balaban J connectivity index is 2.27. The largest absolute Gasteiger partial charge is 0.381 e. The van der Waals surface area contributed by atoms with E-state index in [0.717, 1.165) is 25.9 Å². The van der Waals surface area contributed by atoms with E-state index in [1.165, 1.54) is 0 Å². The van der Waals surface area contributed by atoms with E-state index in [1.807, 2.05) is 13.8 Å². The molecule has 1 heterocycles. The van der Waals surface area contributed by atoms with Gasteiger partial charge in [0.2, 0.25) is 0 Å². The summed E-state index contributed by atoms with van der Waals surface area (Å²) >= 11 is 5.62. The first-order valence-corrected chi connectivity index (χ1v) is 6.99. The highest BCUT2D eigenvalue weighted by Crippen LogP contribution is 2.32. The molecule has 0 aromatic rings. The van der Waals surface area contributed by atoms with Crippen LogP contribution in [0.1, 0.15) is 40.0 Å². The number of hydrogen-bond donors (Lipinski definition) is 0. The number of alkyl halides is 1. The van der Waals surface area contributed by atoms with Crippen molar-refractivity contribution in [1.29, 1.82) is 0 Å². The second-order valence-corrected chi connectivity index (χ2v) is 5.66. The third-order valence-corrected chi connectivity index (χ3v) is 3.55. The third kappa shape index (κ3) is 5.12. The van der Waals surface area contributed by atoms with Crippen molar-refractivity contribution in [3.05, 3.63) is 0 Å². The lowest BCUT2D eigenvalue weighted by Gasteiger charge is -2.42. The van der Waals surface area contributed by atoms with Crippen LogP contribution in [0.25, 0.3) is 0 Å². The summed E-state index contributed by atoms with van der Waals surface area (Å²) < 4.78 is 17.2. The molecule has 1 aliphatic rings. The fourth-order valence-corrected chi connectivity index (χ4v) is 1.90. The summed E-state index contributed by atoms with van der Waals surface area (Å²) in [6, 6.07) is 0. The molecule has 1 rings (SSSR count). The molecule has 3 nitrogen and oxygen atoms in total. The maximum absolute atomic E-state index is 5.73. The van der Waals surface area contributed by atoms with Gasteiger partial charge >= 0.3 is 0 Å². The molecule has 0 N–H and O–H groups in total. The molecule has 0 radical (unpaired) electrons. The van der Waals surface area contributed by atoms with E-state index in [2.05, 4.69) is 6.92 Å². The molecule has 0 unspecified atom stereocenters. The smallest absolute Gasteiger partial charge is 0.162 e. The second-order valence-electron chi connectivity index (χ2n) is 5.28. The van der Waals surface area contributed by atoms with Crippen LogP contribution in [0.15, 0.2) is 0 Å². The molecule has 1 aliphatic heterocycles. The molecular weight excluding hydrogens is 240 g/mol. The van der Waals surface area contributed by atoms with E-state index in [9.17, 15) is 0 Å². The summed E-state index contributed by atoms with van der Waals surface area (Å²) in [5.74, 6) is 0.264. The van der Waals surface area contributed by atoms with E-state index < -0.39 is 5.79 Å². The quantitative estimate of drug-likeness (QED) is 0.522. The maximum Gasteiger partial charge on any atom is 0.162 e. The Morgan fingerprint density at radius 2 is 1.82 bits per heavy atom. The topological polar surface area (TPSA) is 27.7 Å². The zero-order valence-corrected chi connectivity index (χ0v) is 12.0. The summed E-state index contributed by atoms with van der Waals surface area (Å²) in [7, 11) is 0. The van der Waals surface area contributed by atoms with E-state index in [-0.39, 0.29) is 5.41 Å². The number of halogens is 1. The van der Waals surface area contributed by atoms with E-state index in [0.29, 0.717) is 25.7 Å². The first kappa shape index (κ1) is 15.2. The normalized spacial score (nSPS) is 22.6. The van der Waals surface area contributed by atoms with E-state index in [1.54, 1.807) is 0 Å². The van der Waals surface area contributed by atoms with Gasteiger partial charge in [0.15, 0.2) is 5.79 Å². The summed E-state index contributed by atoms with van der Waals surface area (Å²) in [6.07, 6.45) is 3.05. The van der Waals surface area contributed by atoms with E-state index >= 15 is 0 Å². The summed E-state index contributed by atoms with van der Waals surface area (Å²) in [5, 5.41) is 0. The Morgan fingerprint density at radius 1 is 1.18 bits per heavy atom. The summed E-state index contributed by atoms with van der Waals surface area (Å²) in [5.41, 5.74) is 0.0243. The molecule has 0 amide bonds. The molecule has 0 bridgehead atoms. The lowest BCUT2D eigenvalue weighted by molar-refractivity contribution is -0.292. The van der Waals surface area contributed by atoms with Crippen molar-refractivity contribution in [2.45, 2.75) is 45.8 Å². The predicted molar refractivity (Wildman–Crippen MR) is 69.5 cm³/mol. The van der Waals surface area contributed by atoms with E-state index in [4.69, 9.17) is 25.8 Å². The van der Waals surface area contributed by atoms with Crippen LogP contribution in [0.2, 0.25) is 0 Å². The molecule has 1 fully saturated rings. The van der Waals surface area contributed by atoms with Gasteiger partial charge in [0.05, 0.1) is 19.8 Å². The van der Waals surface area contributed by atoms with Crippen molar-refractivity contribution in [2.75, 3.05) is 32.3 Å². The minimum absolute atomic E-state index is 0.0243. The van der Waals surface area contributed by atoms with Crippen LogP contribution in [0.4, 0.5) is 0 Å². The maximum atomic E-state index is 5.73. The molecule has 0 aromatic carbocycles.